The summed E-state index contributed by atoms with van der Waals surface area (Å²) in [7, 11) is 0. The van der Waals surface area contributed by atoms with Crippen LogP contribution in [0.15, 0.2) is 66.9 Å². The first kappa shape index (κ1) is 13.0. The van der Waals surface area contributed by atoms with Crippen molar-refractivity contribution in [2.24, 2.45) is 5.73 Å². The first-order chi connectivity index (χ1) is 10.2. The van der Waals surface area contributed by atoms with E-state index in [2.05, 4.69) is 9.97 Å². The van der Waals surface area contributed by atoms with Crippen LogP contribution in [0.2, 0.25) is 0 Å². The second kappa shape index (κ2) is 5.54. The van der Waals surface area contributed by atoms with Crippen LogP contribution in [0.3, 0.4) is 0 Å². The van der Waals surface area contributed by atoms with E-state index in [1.54, 1.807) is 24.4 Å². The van der Waals surface area contributed by atoms with Crippen molar-refractivity contribution in [3.8, 4) is 22.6 Å². The molecule has 0 aliphatic rings. The Kier molecular flexibility index (Phi) is 3.43. The van der Waals surface area contributed by atoms with Gasteiger partial charge in [-0.25, -0.2) is 4.98 Å². The fraction of sp³-hybridized carbons (Fsp3) is 0. The van der Waals surface area contributed by atoms with Gasteiger partial charge < -0.3 is 5.73 Å². The molecule has 3 aromatic rings. The monoisotopic (exact) mass is 275 g/mol. The van der Waals surface area contributed by atoms with E-state index in [9.17, 15) is 4.79 Å². The molecule has 2 heterocycles. The molecule has 0 saturated carbocycles. The standard InChI is InChI=1S/C17H13N3O/c18-17(21)13-6-3-5-12(11-13)14-8-4-9-16(20-14)15-7-1-2-10-19-15/h1-11H,(H2,18,21). The van der Waals surface area contributed by atoms with Crippen LogP contribution in [0.25, 0.3) is 22.6 Å². The molecular formula is C17H13N3O. The fourth-order valence-corrected chi connectivity index (χ4v) is 2.08. The Balaban J connectivity index is 2.04. The topological polar surface area (TPSA) is 68.9 Å². The molecule has 0 aliphatic heterocycles. The van der Waals surface area contributed by atoms with Gasteiger partial charge in [0.2, 0.25) is 5.91 Å². The van der Waals surface area contributed by atoms with Gasteiger partial charge in [0.15, 0.2) is 0 Å². The van der Waals surface area contributed by atoms with Crippen LogP contribution in [0.5, 0.6) is 0 Å². The summed E-state index contributed by atoms with van der Waals surface area (Å²) in [5, 5.41) is 0. The predicted molar refractivity (Wildman–Crippen MR) is 81.4 cm³/mol. The average molecular weight is 275 g/mol. The van der Waals surface area contributed by atoms with Crippen LogP contribution in [-0.2, 0) is 0 Å². The maximum Gasteiger partial charge on any atom is 0.248 e. The molecule has 0 atom stereocenters. The van der Waals surface area contributed by atoms with Gasteiger partial charge in [0.25, 0.3) is 0 Å². The zero-order chi connectivity index (χ0) is 14.7. The van der Waals surface area contributed by atoms with Crippen molar-refractivity contribution >= 4 is 5.91 Å². The summed E-state index contributed by atoms with van der Waals surface area (Å²) < 4.78 is 0. The van der Waals surface area contributed by atoms with Crippen molar-refractivity contribution in [2.45, 2.75) is 0 Å². The molecule has 4 nitrogen and oxygen atoms in total. The number of benzene rings is 1. The Morgan fingerprint density at radius 3 is 2.38 bits per heavy atom. The molecule has 0 aliphatic carbocycles. The number of amides is 1. The predicted octanol–water partition coefficient (Wildman–Crippen LogP) is 2.91. The highest BCUT2D eigenvalue weighted by molar-refractivity contribution is 5.94. The van der Waals surface area contributed by atoms with Gasteiger partial charge in [0, 0.05) is 17.3 Å². The van der Waals surface area contributed by atoms with E-state index in [4.69, 9.17) is 5.73 Å². The molecule has 2 aromatic heterocycles. The largest absolute Gasteiger partial charge is 0.366 e. The molecule has 3 rings (SSSR count). The Hall–Kier alpha value is -3.01. The molecule has 0 spiro atoms. The number of carbonyl (C=O) groups excluding carboxylic acids is 1. The number of nitrogens with zero attached hydrogens (tertiary/aromatic N) is 2. The second-order valence-corrected chi connectivity index (χ2v) is 4.57. The lowest BCUT2D eigenvalue weighted by Gasteiger charge is -2.05. The van der Waals surface area contributed by atoms with E-state index < -0.39 is 5.91 Å². The Labute approximate surface area is 122 Å². The quantitative estimate of drug-likeness (QED) is 0.799. The highest BCUT2D eigenvalue weighted by Crippen LogP contribution is 2.22. The van der Waals surface area contributed by atoms with E-state index in [1.807, 2.05) is 42.5 Å². The SMILES string of the molecule is NC(=O)c1cccc(-c2cccc(-c3ccccn3)n2)c1. The van der Waals surface area contributed by atoms with Crippen LogP contribution in [0.1, 0.15) is 10.4 Å². The van der Waals surface area contributed by atoms with Gasteiger partial charge in [-0.3, -0.25) is 9.78 Å². The van der Waals surface area contributed by atoms with Gasteiger partial charge in [0.1, 0.15) is 0 Å². The molecule has 21 heavy (non-hydrogen) atoms. The highest BCUT2D eigenvalue weighted by atomic mass is 16.1. The Bertz CT molecular complexity index is 785. The number of hydrogen-bond donors (Lipinski definition) is 1. The smallest absolute Gasteiger partial charge is 0.248 e. The van der Waals surface area contributed by atoms with Gasteiger partial charge >= 0.3 is 0 Å². The van der Waals surface area contributed by atoms with E-state index >= 15 is 0 Å². The first-order valence-electron chi connectivity index (χ1n) is 6.53. The van der Waals surface area contributed by atoms with Gasteiger partial charge in [0.05, 0.1) is 17.1 Å². The number of aromatic nitrogens is 2. The number of pyridine rings is 2. The molecule has 102 valence electrons. The maximum atomic E-state index is 11.3. The maximum absolute atomic E-state index is 11.3. The molecule has 0 fully saturated rings. The molecule has 0 radical (unpaired) electrons. The van der Waals surface area contributed by atoms with Gasteiger partial charge in [-0.2, -0.15) is 0 Å². The average Bonchev–Trinajstić information content (AvgIpc) is 2.56. The summed E-state index contributed by atoms with van der Waals surface area (Å²) in [4.78, 5) is 20.2. The Morgan fingerprint density at radius 2 is 1.62 bits per heavy atom. The normalized spacial score (nSPS) is 10.3. The molecule has 1 aromatic carbocycles. The number of rotatable bonds is 3. The van der Waals surface area contributed by atoms with Crippen molar-refractivity contribution in [1.82, 2.24) is 9.97 Å². The van der Waals surface area contributed by atoms with Crippen molar-refractivity contribution in [3.63, 3.8) is 0 Å². The summed E-state index contributed by atoms with van der Waals surface area (Å²) >= 11 is 0. The summed E-state index contributed by atoms with van der Waals surface area (Å²) in [6, 6.07) is 18.5. The molecule has 0 unspecified atom stereocenters. The third-order valence-corrected chi connectivity index (χ3v) is 3.12. The van der Waals surface area contributed by atoms with Gasteiger partial charge in [-0.15, -0.1) is 0 Å². The molecule has 1 amide bonds. The van der Waals surface area contributed by atoms with E-state index in [0.29, 0.717) is 5.56 Å². The third kappa shape index (κ3) is 2.79. The summed E-state index contributed by atoms with van der Waals surface area (Å²) in [6.45, 7) is 0. The zero-order valence-corrected chi connectivity index (χ0v) is 11.2. The van der Waals surface area contributed by atoms with Crippen LogP contribution >= 0.6 is 0 Å². The van der Waals surface area contributed by atoms with Crippen molar-refractivity contribution < 1.29 is 4.79 Å². The summed E-state index contributed by atoms with van der Waals surface area (Å²) in [5.74, 6) is -0.447. The Morgan fingerprint density at radius 1 is 0.857 bits per heavy atom. The van der Waals surface area contributed by atoms with E-state index in [0.717, 1.165) is 22.6 Å². The van der Waals surface area contributed by atoms with E-state index in [1.165, 1.54) is 0 Å². The zero-order valence-electron chi connectivity index (χ0n) is 11.2. The second-order valence-electron chi connectivity index (χ2n) is 4.57. The van der Waals surface area contributed by atoms with Crippen molar-refractivity contribution in [1.29, 1.82) is 0 Å². The molecule has 0 bridgehead atoms. The lowest BCUT2D eigenvalue weighted by Crippen LogP contribution is -2.10. The van der Waals surface area contributed by atoms with Gasteiger partial charge in [-0.05, 0) is 36.4 Å². The number of primary amides is 1. The number of nitrogens with two attached hydrogens (primary N) is 1. The first-order valence-corrected chi connectivity index (χ1v) is 6.53. The van der Waals surface area contributed by atoms with Crippen LogP contribution in [-0.4, -0.2) is 15.9 Å². The van der Waals surface area contributed by atoms with Crippen LogP contribution in [0.4, 0.5) is 0 Å². The van der Waals surface area contributed by atoms with Crippen molar-refractivity contribution in [3.05, 3.63) is 72.4 Å². The summed E-state index contributed by atoms with van der Waals surface area (Å²) in [6.07, 6.45) is 1.73. The van der Waals surface area contributed by atoms with Crippen molar-refractivity contribution in [2.75, 3.05) is 0 Å². The third-order valence-electron chi connectivity index (χ3n) is 3.12. The minimum Gasteiger partial charge on any atom is -0.366 e. The lowest BCUT2D eigenvalue weighted by molar-refractivity contribution is 0.100. The molecular weight excluding hydrogens is 262 g/mol. The number of carbonyl (C=O) groups is 1. The highest BCUT2D eigenvalue weighted by Gasteiger charge is 2.06. The van der Waals surface area contributed by atoms with Crippen LogP contribution < -0.4 is 5.73 Å². The minimum atomic E-state index is -0.447. The lowest BCUT2D eigenvalue weighted by atomic mass is 10.1. The molecule has 4 heteroatoms. The fourth-order valence-electron chi connectivity index (χ4n) is 2.08. The van der Waals surface area contributed by atoms with Gasteiger partial charge in [-0.1, -0.05) is 24.3 Å². The molecule has 0 saturated heterocycles. The minimum absolute atomic E-state index is 0.447. The molecule has 2 N–H and O–H groups in total. The van der Waals surface area contributed by atoms with E-state index in [-0.39, 0.29) is 0 Å². The van der Waals surface area contributed by atoms with Crippen LogP contribution in [0, 0.1) is 0 Å². The number of hydrogen-bond acceptors (Lipinski definition) is 3. The summed E-state index contributed by atoms with van der Waals surface area (Å²) in [5.41, 5.74) is 9.01.